The first-order chi connectivity index (χ1) is 26.3. The summed E-state index contributed by atoms with van der Waals surface area (Å²) >= 11 is 0. The first-order valence-corrected chi connectivity index (χ1v) is 16.9. The number of rotatable bonds is 3. The van der Waals surface area contributed by atoms with Crippen molar-refractivity contribution in [2.24, 2.45) is 0 Å². The number of hydrogen-bond acceptors (Lipinski definition) is 6. The Balaban J connectivity index is 0.000000338. The molecule has 0 aliphatic rings. The molecule has 0 unspecified atom stereocenters. The van der Waals surface area contributed by atoms with Crippen molar-refractivity contribution in [1.29, 1.82) is 0 Å². The van der Waals surface area contributed by atoms with Crippen LogP contribution in [0.25, 0.3) is 32.3 Å². The number of carbonyl (C=O) groups excluding carboxylic acids is 3. The smallest absolute Gasteiger partial charge is 0.545 e. The molecule has 6 nitrogen and oxygen atoms in total. The zero-order chi connectivity index (χ0) is 38.4. The van der Waals surface area contributed by atoms with E-state index < -0.39 is 17.9 Å². The third kappa shape index (κ3) is 18.3. The average Bonchev–Trinajstić information content (AvgIpc) is 4.02. The maximum absolute atomic E-state index is 10.1. The summed E-state index contributed by atoms with van der Waals surface area (Å²) in [7, 11) is 0. The minimum Gasteiger partial charge on any atom is -0.545 e. The Morgan fingerprint density at radius 3 is 0.702 bits per heavy atom. The fourth-order valence-corrected chi connectivity index (χ4v) is 4.93. The molecule has 0 aromatic heterocycles. The summed E-state index contributed by atoms with van der Waals surface area (Å²) in [6.45, 7) is 0. The van der Waals surface area contributed by atoms with E-state index in [2.05, 4.69) is 127 Å². The van der Waals surface area contributed by atoms with Crippen LogP contribution in [0.3, 0.4) is 0 Å². The van der Waals surface area contributed by atoms with Gasteiger partial charge in [0.05, 0.1) is 17.9 Å². The van der Waals surface area contributed by atoms with Crippen LogP contribution in [0.5, 0.6) is 0 Å². The molecule has 0 N–H and O–H groups in total. The molecule has 0 heterocycles. The monoisotopic (exact) mass is 978 g/mol. The first kappa shape index (κ1) is 50.2. The van der Waals surface area contributed by atoms with Gasteiger partial charge in [-0.3, -0.25) is 0 Å². The van der Waals surface area contributed by atoms with Crippen LogP contribution < -0.4 is 15.3 Å². The molecule has 9 aromatic carbocycles. The topological polar surface area (TPSA) is 120 Å². The van der Waals surface area contributed by atoms with E-state index in [1.54, 1.807) is 54.6 Å². The largest absolute Gasteiger partial charge is 2.00 e. The van der Waals surface area contributed by atoms with E-state index in [0.717, 1.165) is 0 Å². The zero-order valence-electron chi connectivity index (χ0n) is 30.7. The van der Waals surface area contributed by atoms with Gasteiger partial charge in [-0.2, -0.15) is 52.6 Å². The minimum absolute atomic E-state index is 0. The van der Waals surface area contributed by atoms with Crippen molar-refractivity contribution in [3.8, 4) is 0 Å². The SMILES string of the molecule is O=C([O-])c1ccccc1.O=C([O-])c1ccccc1.O=C([O-])c1ccccc1.[Zr+2].[Zr+2].[Zr+2].c1ccc2[cH-]ccc2c1.c1ccc2[cH-]ccc2c1.c1ccc2[cH-]ccc2c1. The summed E-state index contributed by atoms with van der Waals surface area (Å²) in [4.78, 5) is 30.3. The van der Waals surface area contributed by atoms with Crippen LogP contribution in [0.15, 0.2) is 218 Å². The number of aromatic carboxylic acids is 3. The Morgan fingerprint density at radius 2 is 0.509 bits per heavy atom. The predicted molar refractivity (Wildman–Crippen MR) is 211 cm³/mol. The van der Waals surface area contributed by atoms with E-state index in [-0.39, 0.29) is 95.3 Å². The molecular weight excluding hydrogens is 946 g/mol. The van der Waals surface area contributed by atoms with Gasteiger partial charge in [0, 0.05) is 0 Å². The number of hydrogen-bond donors (Lipinski definition) is 0. The van der Waals surface area contributed by atoms with Gasteiger partial charge < -0.3 is 29.7 Å². The molecule has 0 saturated heterocycles. The van der Waals surface area contributed by atoms with Crippen molar-refractivity contribution < 1.29 is 108 Å². The predicted octanol–water partition coefficient (Wildman–Crippen LogP) is 7.82. The molecule has 9 heteroatoms. The molecule has 0 aliphatic carbocycles. The van der Waals surface area contributed by atoms with Crippen LogP contribution >= 0.6 is 0 Å². The summed E-state index contributed by atoms with van der Waals surface area (Å²) in [6, 6.07) is 68.2. The fraction of sp³-hybridized carbons (Fsp3) is 0. The maximum Gasteiger partial charge on any atom is 2.00 e. The summed E-state index contributed by atoms with van der Waals surface area (Å²) in [5, 5.41) is 38.3. The standard InChI is InChI=1S/3C9H7.3C7H6O2.3Zr/c3*1-2-5-9-7-3-6-8(9)4-1;3*8-7(9)6-4-2-1-3-5-6;;;/h3*1-7H;3*1-5H,(H,8,9);;;/q3*-1;;;;3*+2/p-3. The van der Waals surface area contributed by atoms with Gasteiger partial charge in [0.25, 0.3) is 0 Å². The number of carboxylic acids is 3. The van der Waals surface area contributed by atoms with Gasteiger partial charge in [0.1, 0.15) is 0 Å². The molecular formula is C48H36O6Zr3. The Morgan fingerprint density at radius 1 is 0.298 bits per heavy atom. The molecule has 0 fully saturated rings. The van der Waals surface area contributed by atoms with E-state index in [4.69, 9.17) is 0 Å². The molecule has 0 aliphatic heterocycles. The Kier molecular flexibility index (Phi) is 25.2. The van der Waals surface area contributed by atoms with Gasteiger partial charge in [-0.1, -0.05) is 109 Å². The molecule has 57 heavy (non-hydrogen) atoms. The number of benzene rings is 6. The van der Waals surface area contributed by atoms with Crippen molar-refractivity contribution in [3.05, 3.63) is 235 Å². The normalized spacial score (nSPS) is 9.05. The van der Waals surface area contributed by atoms with Crippen LogP contribution in [0.2, 0.25) is 0 Å². The molecule has 9 aromatic rings. The Hall–Kier alpha value is -4.79. The Labute approximate surface area is 389 Å². The third-order valence-electron chi connectivity index (χ3n) is 7.67. The van der Waals surface area contributed by atoms with Crippen molar-refractivity contribution in [2.75, 3.05) is 0 Å². The van der Waals surface area contributed by atoms with Gasteiger partial charge in [-0.05, 0) is 16.7 Å². The van der Waals surface area contributed by atoms with Gasteiger partial charge in [-0.15, -0.1) is 89.0 Å². The molecule has 0 saturated carbocycles. The molecule has 0 radical (unpaired) electrons. The molecule has 0 spiro atoms. The van der Waals surface area contributed by atoms with E-state index in [9.17, 15) is 29.7 Å². The van der Waals surface area contributed by atoms with Crippen molar-refractivity contribution in [1.82, 2.24) is 0 Å². The molecule has 276 valence electrons. The number of carboxylic acid groups (broad SMARTS) is 3. The zero-order valence-corrected chi connectivity index (χ0v) is 38.1. The van der Waals surface area contributed by atoms with Crippen LogP contribution in [0, 0.1) is 0 Å². The van der Waals surface area contributed by atoms with Gasteiger partial charge in [-0.25, -0.2) is 0 Å². The van der Waals surface area contributed by atoms with E-state index in [1.807, 2.05) is 0 Å². The Bertz CT molecular complexity index is 2070. The molecule has 0 amide bonds. The summed E-state index contributed by atoms with van der Waals surface area (Å²) in [5.41, 5.74) is 0.660. The molecule has 0 atom stereocenters. The average molecular weight is 982 g/mol. The minimum atomic E-state index is -1.13. The maximum atomic E-state index is 10.1. The molecule has 0 bridgehead atoms. The number of carbonyl (C=O) groups is 3. The van der Waals surface area contributed by atoms with Crippen LogP contribution in [-0.2, 0) is 78.6 Å². The van der Waals surface area contributed by atoms with E-state index in [0.29, 0.717) is 0 Å². The van der Waals surface area contributed by atoms with Crippen molar-refractivity contribution in [3.63, 3.8) is 0 Å². The second-order valence-corrected chi connectivity index (χ2v) is 11.4. The third-order valence-corrected chi connectivity index (χ3v) is 7.67. The van der Waals surface area contributed by atoms with E-state index >= 15 is 0 Å². The number of fused-ring (bicyclic) bond motifs is 3. The van der Waals surface area contributed by atoms with Crippen molar-refractivity contribution >= 4 is 50.2 Å². The van der Waals surface area contributed by atoms with Crippen LogP contribution in [0.1, 0.15) is 31.1 Å². The summed E-state index contributed by atoms with van der Waals surface area (Å²) in [5.74, 6) is -3.39. The van der Waals surface area contributed by atoms with Gasteiger partial charge in [0.15, 0.2) is 0 Å². The second-order valence-electron chi connectivity index (χ2n) is 11.4. The van der Waals surface area contributed by atoms with Gasteiger partial charge >= 0.3 is 78.6 Å². The first-order valence-electron chi connectivity index (χ1n) is 16.9. The second kappa shape index (κ2) is 28.6. The van der Waals surface area contributed by atoms with Crippen LogP contribution in [0.4, 0.5) is 0 Å². The summed E-state index contributed by atoms with van der Waals surface area (Å²) < 4.78 is 0. The molecule has 9 rings (SSSR count). The fourth-order valence-electron chi connectivity index (χ4n) is 4.93. The summed E-state index contributed by atoms with van der Waals surface area (Å²) in [6.07, 6.45) is 0. The van der Waals surface area contributed by atoms with Gasteiger partial charge in [0.2, 0.25) is 0 Å². The van der Waals surface area contributed by atoms with Crippen molar-refractivity contribution in [2.45, 2.75) is 0 Å². The quantitative estimate of drug-likeness (QED) is 0.167. The van der Waals surface area contributed by atoms with E-state index in [1.165, 1.54) is 68.7 Å². The van der Waals surface area contributed by atoms with Crippen LogP contribution in [-0.4, -0.2) is 17.9 Å².